The van der Waals surface area contributed by atoms with E-state index < -0.39 is 0 Å². The van der Waals surface area contributed by atoms with Crippen molar-refractivity contribution in [3.05, 3.63) is 0 Å². The van der Waals surface area contributed by atoms with Crippen molar-refractivity contribution in [3.8, 4) is 0 Å². The standard InChI is InChI=1S/Al.Ni.2H2O/h;;2*1H2/q;+2;;/p-2. The molecule has 0 saturated heterocycles. The SMILES string of the molecule is [Al].[Ni+2].[OH-].[OH-]. The molecule has 0 heterocycles. The maximum atomic E-state index is 0. The molecule has 0 aliphatic carbocycles. The molecule has 0 bridgehead atoms. The van der Waals surface area contributed by atoms with Gasteiger partial charge in [0, 0.05) is 17.4 Å². The Labute approximate surface area is 45.3 Å². The minimum absolute atomic E-state index is 0. The Morgan fingerprint density at radius 1 is 0.750 bits per heavy atom. The van der Waals surface area contributed by atoms with E-state index in [0.29, 0.717) is 0 Å². The monoisotopic (exact) mass is 119 g/mol. The minimum Gasteiger partial charge on any atom is -0.870 e. The van der Waals surface area contributed by atoms with Crippen LogP contribution in [0.25, 0.3) is 0 Å². The zero-order valence-electron chi connectivity index (χ0n) is 1.79. The fourth-order valence-electron chi connectivity index (χ4n) is 0. The Bertz CT molecular complexity index is 6.00. The Kier molecular flexibility index (Phi) is 823. The zero-order valence-corrected chi connectivity index (χ0v) is 3.93. The van der Waals surface area contributed by atoms with Crippen LogP contribution >= 0.6 is 0 Å². The van der Waals surface area contributed by atoms with Crippen molar-refractivity contribution in [1.29, 1.82) is 0 Å². The van der Waals surface area contributed by atoms with Gasteiger partial charge in [-0.05, 0) is 0 Å². The molecule has 0 saturated carbocycles. The van der Waals surface area contributed by atoms with Crippen molar-refractivity contribution in [1.82, 2.24) is 0 Å². The molecule has 0 aromatic heterocycles. The van der Waals surface area contributed by atoms with Crippen LogP contribution in [0.15, 0.2) is 0 Å². The summed E-state index contributed by atoms with van der Waals surface area (Å²) in [7, 11) is 0. The number of hydrogen-bond acceptors (Lipinski definition) is 2. The van der Waals surface area contributed by atoms with Gasteiger partial charge in [0.1, 0.15) is 0 Å². The molecule has 0 aliphatic rings. The molecule has 27 valence electrons. The smallest absolute Gasteiger partial charge is 0.870 e. The molecule has 0 aliphatic heterocycles. The summed E-state index contributed by atoms with van der Waals surface area (Å²) >= 11 is 0. The summed E-state index contributed by atoms with van der Waals surface area (Å²) in [5.74, 6) is 0. The van der Waals surface area contributed by atoms with Gasteiger partial charge >= 0.3 is 16.5 Å². The van der Waals surface area contributed by atoms with E-state index in [4.69, 9.17) is 0 Å². The summed E-state index contributed by atoms with van der Waals surface area (Å²) < 4.78 is 0. The van der Waals surface area contributed by atoms with Gasteiger partial charge in [-0.25, -0.2) is 0 Å². The minimum atomic E-state index is 0. The molecule has 0 aromatic rings. The van der Waals surface area contributed by atoms with E-state index in [1.54, 1.807) is 0 Å². The maximum absolute atomic E-state index is 0. The van der Waals surface area contributed by atoms with Gasteiger partial charge in [-0.1, -0.05) is 0 Å². The van der Waals surface area contributed by atoms with Crippen LogP contribution in [0.4, 0.5) is 0 Å². The van der Waals surface area contributed by atoms with Crippen LogP contribution < -0.4 is 0 Å². The normalized spacial score (nSPS) is 0. The van der Waals surface area contributed by atoms with E-state index in [1.807, 2.05) is 0 Å². The summed E-state index contributed by atoms with van der Waals surface area (Å²) in [6.45, 7) is 0. The molecule has 2 N–H and O–H groups in total. The topological polar surface area (TPSA) is 60.0 Å². The zero-order chi connectivity index (χ0) is 0. The van der Waals surface area contributed by atoms with Crippen molar-refractivity contribution in [3.63, 3.8) is 0 Å². The second-order valence-corrected chi connectivity index (χ2v) is 0. The third-order valence-electron chi connectivity index (χ3n) is 0. The molecule has 0 fully saturated rings. The Morgan fingerprint density at radius 3 is 0.750 bits per heavy atom. The number of rotatable bonds is 0. The molecule has 4 heavy (non-hydrogen) atoms. The van der Waals surface area contributed by atoms with Crippen LogP contribution in [-0.2, 0) is 16.5 Å². The van der Waals surface area contributed by atoms with Gasteiger partial charge in [-0.15, -0.1) is 0 Å². The fraction of sp³-hybridized carbons (Fsp3) is 0. The van der Waals surface area contributed by atoms with Crippen molar-refractivity contribution >= 4 is 17.4 Å². The summed E-state index contributed by atoms with van der Waals surface area (Å²) in [4.78, 5) is 0. The fourth-order valence-corrected chi connectivity index (χ4v) is 0. The quantitative estimate of drug-likeness (QED) is 0.395. The molecular weight excluding hydrogens is 118 g/mol. The Morgan fingerprint density at radius 2 is 0.750 bits per heavy atom. The van der Waals surface area contributed by atoms with Gasteiger partial charge < -0.3 is 11.0 Å². The maximum Gasteiger partial charge on any atom is 2.00 e. The van der Waals surface area contributed by atoms with Crippen LogP contribution in [0.2, 0.25) is 0 Å². The first-order valence-electron chi connectivity index (χ1n) is 0. The average molecular weight is 120 g/mol. The van der Waals surface area contributed by atoms with E-state index in [0.717, 1.165) is 0 Å². The Hall–Kier alpha value is 0.946. The first-order valence-corrected chi connectivity index (χ1v) is 0. The van der Waals surface area contributed by atoms with Gasteiger partial charge in [0.15, 0.2) is 0 Å². The van der Waals surface area contributed by atoms with E-state index in [2.05, 4.69) is 0 Å². The van der Waals surface area contributed by atoms with Crippen LogP contribution in [0.1, 0.15) is 0 Å². The Balaban J connectivity index is 0. The van der Waals surface area contributed by atoms with Crippen LogP contribution in [0.5, 0.6) is 0 Å². The molecule has 3 radical (unpaired) electrons. The number of hydrogen-bond donors (Lipinski definition) is 0. The predicted molar refractivity (Wildman–Crippen MR) is 9.63 cm³/mol. The van der Waals surface area contributed by atoms with Gasteiger partial charge in [-0.3, -0.25) is 0 Å². The molecule has 0 aromatic carbocycles. The second-order valence-electron chi connectivity index (χ2n) is 0. The molecule has 2 nitrogen and oxygen atoms in total. The van der Waals surface area contributed by atoms with Gasteiger partial charge in [-0.2, -0.15) is 0 Å². The van der Waals surface area contributed by atoms with Crippen LogP contribution in [0.3, 0.4) is 0 Å². The van der Waals surface area contributed by atoms with Crippen molar-refractivity contribution < 1.29 is 27.4 Å². The van der Waals surface area contributed by atoms with Crippen molar-refractivity contribution in [2.24, 2.45) is 0 Å². The summed E-state index contributed by atoms with van der Waals surface area (Å²) in [5.41, 5.74) is 0. The van der Waals surface area contributed by atoms with Gasteiger partial charge in [0.2, 0.25) is 0 Å². The first kappa shape index (κ1) is 86.1. The van der Waals surface area contributed by atoms with Gasteiger partial charge in [0.25, 0.3) is 0 Å². The van der Waals surface area contributed by atoms with E-state index in [-0.39, 0.29) is 44.8 Å². The van der Waals surface area contributed by atoms with Gasteiger partial charge in [0.05, 0.1) is 0 Å². The summed E-state index contributed by atoms with van der Waals surface area (Å²) in [6.07, 6.45) is 0. The van der Waals surface area contributed by atoms with E-state index in [1.165, 1.54) is 0 Å². The third-order valence-corrected chi connectivity index (χ3v) is 0. The van der Waals surface area contributed by atoms with E-state index >= 15 is 0 Å². The van der Waals surface area contributed by atoms with Crippen LogP contribution in [0, 0.1) is 0 Å². The first-order chi connectivity index (χ1) is 0. The average Bonchev–Trinajstić information content (AvgIpc) is 0. The molecule has 0 unspecified atom stereocenters. The van der Waals surface area contributed by atoms with Crippen LogP contribution in [-0.4, -0.2) is 28.3 Å². The van der Waals surface area contributed by atoms with Crippen molar-refractivity contribution in [2.45, 2.75) is 0 Å². The summed E-state index contributed by atoms with van der Waals surface area (Å²) in [5, 5.41) is 0. The van der Waals surface area contributed by atoms with E-state index in [9.17, 15) is 0 Å². The second kappa shape index (κ2) is 38.3. The predicted octanol–water partition coefficient (Wildman–Crippen LogP) is -0.737. The largest absolute Gasteiger partial charge is 2.00 e. The molecule has 0 spiro atoms. The third kappa shape index (κ3) is 12.5. The molecular formula is H2AlNiO2. The molecule has 4 heteroatoms. The summed E-state index contributed by atoms with van der Waals surface area (Å²) in [6, 6.07) is 0. The molecule has 0 rings (SSSR count). The molecule has 0 atom stereocenters. The molecule has 0 amide bonds. The van der Waals surface area contributed by atoms with Crippen molar-refractivity contribution in [2.75, 3.05) is 0 Å².